The Morgan fingerprint density at radius 1 is 1.18 bits per heavy atom. The number of likely N-dealkylation sites (tertiary alicyclic amines) is 1. The van der Waals surface area contributed by atoms with Gasteiger partial charge in [-0.2, -0.15) is 0 Å². The van der Waals surface area contributed by atoms with Crippen LogP contribution in [0.5, 0.6) is 11.5 Å². The number of carbonyl (C=O) groups excluding carboxylic acids is 2. The molecule has 2 aromatic heterocycles. The van der Waals surface area contributed by atoms with Crippen LogP contribution in [-0.4, -0.2) is 40.9 Å². The van der Waals surface area contributed by atoms with Crippen LogP contribution < -0.4 is 9.47 Å². The number of imide groups is 1. The molecule has 1 saturated heterocycles. The van der Waals surface area contributed by atoms with Gasteiger partial charge >= 0.3 is 0 Å². The van der Waals surface area contributed by atoms with Gasteiger partial charge in [0.15, 0.2) is 11.5 Å². The van der Waals surface area contributed by atoms with Crippen molar-refractivity contribution in [2.75, 3.05) is 14.2 Å². The number of amides is 2. The smallest absolute Gasteiger partial charge is 0.257 e. The first kappa shape index (κ1) is 17.8. The summed E-state index contributed by atoms with van der Waals surface area (Å²) in [7, 11) is 3.10. The van der Waals surface area contributed by atoms with E-state index in [1.54, 1.807) is 44.8 Å². The monoisotopic (exact) mass is 377 g/mol. The first-order chi connectivity index (χ1) is 13.6. The summed E-state index contributed by atoms with van der Waals surface area (Å²) in [4.78, 5) is 33.9. The Labute approximate surface area is 161 Å². The summed E-state index contributed by atoms with van der Waals surface area (Å²) < 4.78 is 10.5. The first-order valence-electron chi connectivity index (χ1n) is 8.79. The summed E-state index contributed by atoms with van der Waals surface area (Å²) in [5.41, 5.74) is 2.84. The maximum absolute atomic E-state index is 12.8. The lowest BCUT2D eigenvalue weighted by Crippen LogP contribution is -2.28. The molecule has 28 heavy (non-hydrogen) atoms. The summed E-state index contributed by atoms with van der Waals surface area (Å²) in [5, 5.41) is 0.911. The molecule has 1 N–H and O–H groups in total. The van der Waals surface area contributed by atoms with Crippen molar-refractivity contribution < 1.29 is 19.1 Å². The van der Waals surface area contributed by atoms with E-state index in [0.717, 1.165) is 22.2 Å². The third kappa shape index (κ3) is 3.11. The first-order valence-corrected chi connectivity index (χ1v) is 8.79. The summed E-state index contributed by atoms with van der Waals surface area (Å²) in [6.45, 7) is 0.185. The second kappa shape index (κ2) is 7.19. The number of ether oxygens (including phenoxy) is 2. The fraction of sp³-hybridized carbons (Fsp3) is 0.190. The molecule has 3 aromatic rings. The number of aromatic nitrogens is 2. The van der Waals surface area contributed by atoms with Crippen molar-refractivity contribution in [2.24, 2.45) is 0 Å². The zero-order valence-corrected chi connectivity index (χ0v) is 15.6. The van der Waals surface area contributed by atoms with Crippen LogP contribution in [0, 0.1) is 0 Å². The fourth-order valence-electron chi connectivity index (χ4n) is 3.34. The highest BCUT2D eigenvalue weighted by Gasteiger charge is 2.34. The molecule has 0 unspecified atom stereocenters. The lowest BCUT2D eigenvalue weighted by Gasteiger charge is -2.15. The molecule has 1 aromatic carbocycles. The fourth-order valence-corrected chi connectivity index (χ4v) is 3.34. The van der Waals surface area contributed by atoms with E-state index in [9.17, 15) is 9.59 Å². The molecule has 2 amide bonds. The summed E-state index contributed by atoms with van der Waals surface area (Å²) >= 11 is 0. The van der Waals surface area contributed by atoms with Gasteiger partial charge in [-0.05, 0) is 35.9 Å². The molecule has 7 heteroatoms. The van der Waals surface area contributed by atoms with Gasteiger partial charge in [0.2, 0.25) is 5.91 Å². The Bertz CT molecular complexity index is 1100. The van der Waals surface area contributed by atoms with Gasteiger partial charge in [0, 0.05) is 28.9 Å². The van der Waals surface area contributed by atoms with E-state index in [1.165, 1.54) is 4.90 Å². The van der Waals surface area contributed by atoms with Gasteiger partial charge in [0.05, 0.1) is 27.2 Å². The van der Waals surface area contributed by atoms with Crippen molar-refractivity contribution in [3.8, 4) is 11.5 Å². The number of rotatable bonds is 5. The normalized spacial score (nSPS) is 15.6. The molecule has 1 fully saturated rings. The highest BCUT2D eigenvalue weighted by atomic mass is 16.5. The van der Waals surface area contributed by atoms with Crippen LogP contribution in [0.2, 0.25) is 0 Å². The molecule has 0 spiro atoms. The minimum atomic E-state index is -0.280. The van der Waals surface area contributed by atoms with Crippen LogP contribution in [-0.2, 0) is 16.1 Å². The largest absolute Gasteiger partial charge is 0.493 e. The van der Waals surface area contributed by atoms with Gasteiger partial charge in [-0.3, -0.25) is 14.5 Å². The van der Waals surface area contributed by atoms with E-state index in [2.05, 4.69) is 9.97 Å². The summed E-state index contributed by atoms with van der Waals surface area (Å²) in [5.74, 6) is 0.655. The predicted molar refractivity (Wildman–Crippen MR) is 104 cm³/mol. The molecule has 4 rings (SSSR count). The summed E-state index contributed by atoms with van der Waals surface area (Å²) in [6.07, 6.45) is 5.33. The zero-order chi connectivity index (χ0) is 19.7. The molecule has 0 radical (unpaired) electrons. The molecule has 3 heterocycles. The second-order valence-electron chi connectivity index (χ2n) is 6.46. The molecule has 142 valence electrons. The Balaban J connectivity index is 1.59. The van der Waals surface area contributed by atoms with Gasteiger partial charge in [0.1, 0.15) is 5.65 Å². The minimum absolute atomic E-state index is 0.0824. The Morgan fingerprint density at radius 2 is 2.00 bits per heavy atom. The molecule has 0 atom stereocenters. The highest BCUT2D eigenvalue weighted by molar-refractivity contribution is 6.16. The van der Waals surface area contributed by atoms with Crippen molar-refractivity contribution in [2.45, 2.75) is 13.0 Å². The Hall–Kier alpha value is -3.61. The average Bonchev–Trinajstić information content (AvgIpc) is 3.24. The average molecular weight is 377 g/mol. The highest BCUT2D eigenvalue weighted by Crippen LogP contribution is 2.30. The van der Waals surface area contributed by atoms with E-state index in [0.29, 0.717) is 17.1 Å². The molecular weight excluding hydrogens is 358 g/mol. The maximum Gasteiger partial charge on any atom is 0.257 e. The number of methoxy groups -OCH3 is 2. The van der Waals surface area contributed by atoms with Crippen LogP contribution in [0.3, 0.4) is 0 Å². The van der Waals surface area contributed by atoms with E-state index in [4.69, 9.17) is 9.47 Å². The topological polar surface area (TPSA) is 84.5 Å². The SMILES string of the molecule is COc1ccc(CN2C(=O)C/C(=C/c3c[nH]c4ncccc34)C2=O)cc1OC. The van der Waals surface area contributed by atoms with Crippen LogP contribution in [0.1, 0.15) is 17.5 Å². The van der Waals surface area contributed by atoms with Gasteiger partial charge < -0.3 is 14.5 Å². The van der Waals surface area contributed by atoms with Gasteiger partial charge in [-0.15, -0.1) is 0 Å². The van der Waals surface area contributed by atoms with Crippen molar-refractivity contribution in [3.05, 3.63) is 59.4 Å². The number of hydrogen-bond acceptors (Lipinski definition) is 5. The Kier molecular flexibility index (Phi) is 4.57. The van der Waals surface area contributed by atoms with Crippen LogP contribution in [0.25, 0.3) is 17.1 Å². The van der Waals surface area contributed by atoms with E-state index >= 15 is 0 Å². The molecule has 1 aliphatic heterocycles. The van der Waals surface area contributed by atoms with Gasteiger partial charge in [-0.25, -0.2) is 4.98 Å². The quantitative estimate of drug-likeness (QED) is 0.546. The van der Waals surface area contributed by atoms with Crippen molar-refractivity contribution in [1.82, 2.24) is 14.9 Å². The van der Waals surface area contributed by atoms with Crippen molar-refractivity contribution >= 4 is 28.9 Å². The van der Waals surface area contributed by atoms with Crippen LogP contribution >= 0.6 is 0 Å². The Morgan fingerprint density at radius 3 is 2.79 bits per heavy atom. The van der Waals surface area contributed by atoms with Gasteiger partial charge in [-0.1, -0.05) is 6.07 Å². The number of fused-ring (bicyclic) bond motifs is 1. The standard InChI is InChI=1S/C21H19N3O4/c1-27-17-6-5-13(8-18(17)28-2)12-24-19(25)10-14(21(24)26)9-15-11-23-20-16(15)4-3-7-22-20/h3-9,11H,10,12H2,1-2H3,(H,22,23)/b14-9-. The number of nitrogens with zero attached hydrogens (tertiary/aromatic N) is 2. The number of benzene rings is 1. The zero-order valence-electron chi connectivity index (χ0n) is 15.6. The van der Waals surface area contributed by atoms with Crippen LogP contribution in [0.4, 0.5) is 0 Å². The number of carbonyl (C=O) groups is 2. The number of pyridine rings is 1. The molecular formula is C21H19N3O4. The number of nitrogens with one attached hydrogen (secondary N) is 1. The number of aromatic amines is 1. The van der Waals surface area contributed by atoms with Crippen molar-refractivity contribution in [1.29, 1.82) is 0 Å². The van der Waals surface area contributed by atoms with E-state index in [1.807, 2.05) is 18.2 Å². The van der Waals surface area contributed by atoms with Gasteiger partial charge in [0.25, 0.3) is 5.91 Å². The second-order valence-corrected chi connectivity index (χ2v) is 6.46. The van der Waals surface area contributed by atoms with E-state index in [-0.39, 0.29) is 24.8 Å². The third-order valence-electron chi connectivity index (χ3n) is 4.76. The maximum atomic E-state index is 12.8. The minimum Gasteiger partial charge on any atom is -0.493 e. The molecule has 0 aliphatic carbocycles. The molecule has 0 bridgehead atoms. The lowest BCUT2D eigenvalue weighted by molar-refractivity contribution is -0.138. The number of H-pyrrole nitrogens is 1. The molecule has 1 aliphatic rings. The summed E-state index contributed by atoms with van der Waals surface area (Å²) in [6, 6.07) is 9.10. The lowest BCUT2D eigenvalue weighted by atomic mass is 10.1. The number of hydrogen-bond donors (Lipinski definition) is 1. The third-order valence-corrected chi connectivity index (χ3v) is 4.76. The molecule has 7 nitrogen and oxygen atoms in total. The predicted octanol–water partition coefficient (Wildman–Crippen LogP) is 2.92. The van der Waals surface area contributed by atoms with Crippen LogP contribution in [0.15, 0.2) is 48.3 Å². The van der Waals surface area contributed by atoms with E-state index < -0.39 is 0 Å². The molecule has 0 saturated carbocycles. The van der Waals surface area contributed by atoms with Crippen molar-refractivity contribution in [3.63, 3.8) is 0 Å².